The van der Waals surface area contributed by atoms with Crippen molar-refractivity contribution in [3.05, 3.63) is 190 Å². The maximum absolute atomic E-state index is 13.6. The molecule has 39 heteroatoms. The number of rotatable bonds is 34. The van der Waals surface area contributed by atoms with E-state index in [9.17, 15) is 72.2 Å². The molecule has 2 unspecified atom stereocenters. The van der Waals surface area contributed by atoms with Crippen LogP contribution in [0.4, 0.5) is 0 Å². The Morgan fingerprint density at radius 1 is 0.565 bits per heavy atom. The van der Waals surface area contributed by atoms with Gasteiger partial charge in [-0.25, -0.2) is 4.79 Å². The van der Waals surface area contributed by atoms with E-state index in [-0.39, 0.29) is 154 Å². The van der Waals surface area contributed by atoms with E-state index < -0.39 is 89.1 Å². The highest BCUT2D eigenvalue weighted by Crippen LogP contribution is 2.46. The Hall–Kier alpha value is -12.2. The summed E-state index contributed by atoms with van der Waals surface area (Å²) in [6.07, 6.45) is 3.81. The first-order valence-corrected chi connectivity index (χ1v) is 42.0. The molecule has 10 heterocycles. The predicted molar refractivity (Wildman–Crippen MR) is 448 cm³/mol. The number of fused-ring (bicyclic) bond motifs is 8. The van der Waals surface area contributed by atoms with E-state index in [1.165, 1.54) is 61.8 Å². The number of aliphatic imine (C=N–C) groups is 1. The topological polar surface area (TPSA) is 452 Å². The molecule has 8 aromatic rings. The normalized spacial score (nSPS) is 16.7. The molecule has 124 heavy (non-hydrogen) atoms. The molecule has 0 saturated carbocycles. The Morgan fingerprint density at radius 2 is 1.06 bits per heavy atom. The van der Waals surface area contributed by atoms with Gasteiger partial charge in [-0.3, -0.25) is 96.9 Å². The molecule has 6 aliphatic heterocycles. The van der Waals surface area contributed by atoms with Gasteiger partial charge in [0, 0.05) is 84.6 Å². The Morgan fingerprint density at radius 3 is 1.60 bits per heavy atom. The summed E-state index contributed by atoms with van der Waals surface area (Å²) in [5.41, 5.74) is 6.14. The number of carbonyl (C=O) groups excluding carboxylic acids is 13. The average molecular weight is 1780 g/mol. The second kappa shape index (κ2) is 41.3. The number of aromatic nitrogens is 6. The molecule has 2 fully saturated rings. The summed E-state index contributed by atoms with van der Waals surface area (Å²) in [4.78, 5) is 181. The second-order valence-electron chi connectivity index (χ2n) is 29.1. The van der Waals surface area contributed by atoms with Gasteiger partial charge in [0.2, 0.25) is 23.6 Å². The van der Waals surface area contributed by atoms with Crippen LogP contribution in [0.3, 0.4) is 0 Å². The van der Waals surface area contributed by atoms with Crippen LogP contribution in [-0.2, 0) is 62.0 Å². The number of aryl methyl sites for hydroxylation is 2. The maximum atomic E-state index is 13.6. The van der Waals surface area contributed by atoms with E-state index in [2.05, 4.69) is 41.7 Å². The minimum atomic E-state index is -1.11. The Bertz CT molecular complexity index is 5600. The predicted octanol–water partition coefficient (Wildman–Crippen LogP) is 8.48. The van der Waals surface area contributed by atoms with Crippen LogP contribution in [-0.4, -0.2) is 231 Å². The van der Waals surface area contributed by atoms with Crippen molar-refractivity contribution in [2.75, 3.05) is 86.3 Å². The highest BCUT2D eigenvalue weighted by Gasteiger charge is 2.48. The molecule has 5 N–H and O–H groups in total. The number of aromatic carboxylic acids is 1. The average Bonchev–Trinajstić information content (AvgIpc) is 1.58. The first kappa shape index (κ1) is 91.0. The summed E-state index contributed by atoms with van der Waals surface area (Å²) in [5.74, 6) is -5.38. The van der Waals surface area contributed by atoms with Gasteiger partial charge in [0.1, 0.15) is 74.4 Å². The molecule has 14 rings (SSSR count). The van der Waals surface area contributed by atoms with Crippen LogP contribution in [0.25, 0.3) is 15.6 Å². The fourth-order valence-electron chi connectivity index (χ4n) is 14.6. The maximum Gasteiger partial charge on any atom is 0.346 e. The number of allylic oxidation sites excluding steroid dienone is 1. The molecular formula is C85H87Cl2N13O22S2. The standard InChI is InChI=1S/C43H43ClN6O11S.C22H27N3O8.C20H17ClN4O3S/c1-23-35-30(25-9-11-27(44)12-10-25)20-26(21-34(53)58-3)38-48-47-24(2)49(38)43(35)62-37(23)40(55)45-15-17-60-19-18-59-16-5-6-28(51)22-61-32-8-4-7-29-36(32)42(57)50(41(29)56)31-13-14-33(52)46-39(31)54;1-2-9-31-11-12-32-10-8-23-18(27)13-33-16-5-3-4-14-19(16)22(30)25(21(14)29)15-6-7-17(26)24-20(15)28;1-9(26)8-14-18-24-23-11(3)25(18)19-15(10(2)17(29-19)20(27)28)16(22-14)12-4-6-13(21)7-5-12/h4,7-12,20,26,31H,5-6,13-19,21-22H2,1-3H3,(H,45,55)(H,46,52,54);3-5,15H,2,6-13H2,1H3,(H,23,27)(H,24,26,28);4-7,14H,8H2,1-3H3,(H,27,28)/t26-,31?;;14-/m1.1/s1. The molecule has 0 radical (unpaired) electrons. The Kier molecular flexibility index (Phi) is 30.3. The third-order valence-corrected chi connectivity index (χ3v) is 23.5. The van der Waals surface area contributed by atoms with Gasteiger partial charge >= 0.3 is 11.9 Å². The number of carboxylic acids is 1. The summed E-state index contributed by atoms with van der Waals surface area (Å²) in [5, 5.41) is 39.4. The van der Waals surface area contributed by atoms with Gasteiger partial charge in [0.05, 0.1) is 86.0 Å². The van der Waals surface area contributed by atoms with Crippen LogP contribution in [0.1, 0.15) is 201 Å². The van der Waals surface area contributed by atoms with Crippen LogP contribution in [0, 0.1) is 27.7 Å². The number of ether oxygens (including phenoxy) is 7. The van der Waals surface area contributed by atoms with Crippen molar-refractivity contribution in [1.82, 2.24) is 60.6 Å². The summed E-state index contributed by atoms with van der Waals surface area (Å²) in [6, 6.07) is 20.8. The number of hydrogen-bond donors (Lipinski definition) is 5. The number of imide groups is 4. The number of halogens is 2. The molecule has 0 bridgehead atoms. The molecule has 2 saturated heterocycles. The van der Waals surface area contributed by atoms with Gasteiger partial charge in [0.25, 0.3) is 35.4 Å². The first-order chi connectivity index (χ1) is 59.6. The van der Waals surface area contributed by atoms with Crippen LogP contribution < -0.4 is 30.7 Å². The van der Waals surface area contributed by atoms with Crippen molar-refractivity contribution in [1.29, 1.82) is 0 Å². The largest absolute Gasteiger partial charge is 0.485 e. The van der Waals surface area contributed by atoms with Crippen LogP contribution in [0.15, 0.2) is 96.0 Å². The summed E-state index contributed by atoms with van der Waals surface area (Å²) < 4.78 is 41.8. The quantitative estimate of drug-likeness (QED) is 0.0143. The zero-order valence-electron chi connectivity index (χ0n) is 68.4. The number of methoxy groups -OCH3 is 1. The van der Waals surface area contributed by atoms with Gasteiger partial charge in [-0.1, -0.05) is 72.6 Å². The SMILES string of the molecule is CC(=O)C[C@H]1N=C(c2ccc(Cl)cc2)c2c(sc(C(=O)O)c2C)-n2c(C)nnc21.CCCOCCOCCNC(=O)COc1cccc2c1C(=O)N(C1CCC(=O)NC1=O)C2=O.COC(=O)C[C@H]1C=C(c2ccc(Cl)cc2)c2c(sc(C(=O)NCCOCCOCCCC(=O)COc3cccc4c3C(=O)N(C3CCC(=O)NC3=O)C4=O)c2C)-n2c(C)nnc21. The number of amides is 10. The molecule has 4 atom stereocenters. The molecule has 35 nitrogen and oxygen atoms in total. The van der Waals surface area contributed by atoms with E-state index in [0.29, 0.717) is 92.9 Å². The molecule has 0 spiro atoms. The number of esters is 1. The van der Waals surface area contributed by atoms with Gasteiger partial charge in [-0.05, 0) is 131 Å². The van der Waals surface area contributed by atoms with Gasteiger partial charge in [-0.2, -0.15) is 0 Å². The van der Waals surface area contributed by atoms with Gasteiger partial charge in [0.15, 0.2) is 18.2 Å². The number of nitrogens with one attached hydrogen (secondary N) is 4. The lowest BCUT2D eigenvalue weighted by molar-refractivity contribution is -0.141. The highest BCUT2D eigenvalue weighted by atomic mass is 35.5. The van der Waals surface area contributed by atoms with Crippen LogP contribution in [0.2, 0.25) is 10.0 Å². The monoisotopic (exact) mass is 1780 g/mol. The summed E-state index contributed by atoms with van der Waals surface area (Å²) in [7, 11) is 1.34. The van der Waals surface area contributed by atoms with E-state index in [4.69, 9.17) is 61.4 Å². The minimum Gasteiger partial charge on any atom is -0.485 e. The summed E-state index contributed by atoms with van der Waals surface area (Å²) >= 11 is 14.7. The number of nitrogens with zero attached hydrogens (tertiary/aromatic N) is 9. The molecule has 4 aromatic heterocycles. The number of Topliss-reactive ketones (excluding diaryl/α,β-unsaturated/α-hetero) is 2. The van der Waals surface area contributed by atoms with Crippen molar-refractivity contribution in [3.8, 4) is 21.5 Å². The van der Waals surface area contributed by atoms with Crippen LogP contribution >= 0.6 is 45.9 Å². The second-order valence-corrected chi connectivity index (χ2v) is 31.9. The Labute approximate surface area is 727 Å². The van der Waals surface area contributed by atoms with E-state index in [0.717, 1.165) is 60.4 Å². The van der Waals surface area contributed by atoms with Gasteiger partial charge < -0.3 is 48.9 Å². The fourth-order valence-corrected chi connectivity index (χ4v) is 17.3. The summed E-state index contributed by atoms with van der Waals surface area (Å²) in [6.45, 7) is 13.6. The molecule has 4 aromatic carbocycles. The fraction of sp³-hybridized carbons (Fsp3) is 0.376. The molecule has 10 amide bonds. The molecule has 650 valence electrons. The Balaban J connectivity index is 0.000000189. The van der Waals surface area contributed by atoms with E-state index in [1.807, 2.05) is 60.2 Å². The third kappa shape index (κ3) is 20.7. The lowest BCUT2D eigenvalue weighted by Gasteiger charge is -2.27. The number of piperidine rings is 2. The molecule has 6 aliphatic rings. The number of carboxylic acid groups (broad SMARTS) is 1. The molecule has 0 aliphatic carbocycles. The lowest BCUT2D eigenvalue weighted by atomic mass is 9.92. The van der Waals surface area contributed by atoms with Gasteiger partial charge in [-0.15, -0.1) is 43.1 Å². The third-order valence-electron chi connectivity index (χ3n) is 20.5. The van der Waals surface area contributed by atoms with Crippen molar-refractivity contribution in [2.24, 2.45) is 4.99 Å². The number of benzene rings is 4. The first-order valence-electron chi connectivity index (χ1n) is 39.6. The number of carbonyl (C=O) groups is 14. The van der Waals surface area contributed by atoms with Crippen molar-refractivity contribution in [2.45, 2.75) is 123 Å². The zero-order valence-corrected chi connectivity index (χ0v) is 71.6. The van der Waals surface area contributed by atoms with Crippen molar-refractivity contribution in [3.63, 3.8) is 0 Å². The molecular weight excluding hydrogens is 1690 g/mol. The lowest BCUT2D eigenvalue weighted by Crippen LogP contribution is -2.54. The van der Waals surface area contributed by atoms with Crippen molar-refractivity contribution < 1.29 is 105 Å². The smallest absolute Gasteiger partial charge is 0.346 e. The van der Waals surface area contributed by atoms with Crippen molar-refractivity contribution >= 4 is 140 Å². The highest BCUT2D eigenvalue weighted by molar-refractivity contribution is 7.17. The van der Waals surface area contributed by atoms with E-state index >= 15 is 0 Å². The minimum absolute atomic E-state index is 0.00119. The number of hydrogen-bond acceptors (Lipinski definition) is 28. The number of thiophene rings is 2. The number of ketones is 2. The zero-order chi connectivity index (χ0) is 88.7. The van der Waals surface area contributed by atoms with E-state index in [1.54, 1.807) is 38.1 Å². The van der Waals surface area contributed by atoms with Crippen LogP contribution in [0.5, 0.6) is 11.5 Å².